The van der Waals surface area contributed by atoms with Crippen molar-refractivity contribution in [1.82, 2.24) is 15.2 Å². The first-order valence-corrected chi connectivity index (χ1v) is 11.6. The Morgan fingerprint density at radius 3 is 2.68 bits per heavy atom. The van der Waals surface area contributed by atoms with Crippen LogP contribution in [0, 0.1) is 0 Å². The standard InChI is InChI=1S/C23H27ClFN3O2S/c1-3-19(24)22(16(2)25)23(29)27-13-20(21-14-26-15-31-21)28-11-9-18(10-12-28)30-17-7-5-4-6-8-17/h3-8,14-15,18,20H,9-13H2,1-2H3,(H,27,29)/b19-3+,22-16-. The topological polar surface area (TPSA) is 54.5 Å². The number of para-hydroxylation sites is 1. The van der Waals surface area contributed by atoms with E-state index in [1.54, 1.807) is 23.8 Å². The van der Waals surface area contributed by atoms with Crippen molar-refractivity contribution in [3.8, 4) is 5.75 Å². The monoisotopic (exact) mass is 463 g/mol. The molecule has 1 aliphatic heterocycles. The molecule has 8 heteroatoms. The molecule has 1 N–H and O–H groups in total. The van der Waals surface area contributed by atoms with Gasteiger partial charge in [0, 0.05) is 30.7 Å². The normalized spacial score (nSPS) is 17.7. The van der Waals surface area contributed by atoms with Gasteiger partial charge in [-0.25, -0.2) is 4.39 Å². The van der Waals surface area contributed by atoms with E-state index in [4.69, 9.17) is 16.3 Å². The molecule has 1 aromatic heterocycles. The van der Waals surface area contributed by atoms with Crippen LogP contribution in [0.2, 0.25) is 0 Å². The van der Waals surface area contributed by atoms with Gasteiger partial charge in [-0.2, -0.15) is 0 Å². The third-order valence-corrected chi connectivity index (χ3v) is 6.55. The second-order valence-electron chi connectivity index (χ2n) is 7.34. The first kappa shape index (κ1) is 23.4. The number of hydrogen-bond acceptors (Lipinski definition) is 5. The van der Waals surface area contributed by atoms with E-state index in [1.165, 1.54) is 13.0 Å². The lowest BCUT2D eigenvalue weighted by molar-refractivity contribution is -0.117. The fraction of sp³-hybridized carbons (Fsp3) is 0.391. The molecule has 1 aliphatic rings. The maximum atomic E-state index is 13.9. The van der Waals surface area contributed by atoms with Gasteiger partial charge in [0.2, 0.25) is 0 Å². The number of ether oxygens (including phenoxy) is 1. The molecule has 166 valence electrons. The number of carbonyl (C=O) groups is 1. The summed E-state index contributed by atoms with van der Waals surface area (Å²) in [5.41, 5.74) is 1.66. The highest BCUT2D eigenvalue weighted by atomic mass is 35.5. The molecule has 1 atom stereocenters. The third kappa shape index (κ3) is 6.38. The Hall–Kier alpha value is -2.22. The lowest BCUT2D eigenvalue weighted by Crippen LogP contribution is -2.44. The van der Waals surface area contributed by atoms with Crippen LogP contribution in [0.15, 0.2) is 64.5 Å². The van der Waals surface area contributed by atoms with Gasteiger partial charge in [-0.15, -0.1) is 11.3 Å². The lowest BCUT2D eigenvalue weighted by atomic mass is 10.0. The number of carbonyl (C=O) groups excluding carboxylic acids is 1. The molecule has 0 aliphatic carbocycles. The summed E-state index contributed by atoms with van der Waals surface area (Å²) in [6.45, 7) is 4.90. The molecule has 5 nitrogen and oxygen atoms in total. The van der Waals surface area contributed by atoms with Crippen molar-refractivity contribution in [3.05, 3.63) is 69.4 Å². The summed E-state index contributed by atoms with van der Waals surface area (Å²) >= 11 is 7.58. The summed E-state index contributed by atoms with van der Waals surface area (Å²) in [6, 6.07) is 9.80. The quantitative estimate of drug-likeness (QED) is 0.430. The fourth-order valence-electron chi connectivity index (χ4n) is 3.65. The smallest absolute Gasteiger partial charge is 0.255 e. The van der Waals surface area contributed by atoms with E-state index in [0.717, 1.165) is 36.6 Å². The molecule has 1 unspecified atom stereocenters. The number of piperidine rings is 1. The van der Waals surface area contributed by atoms with Crippen LogP contribution in [-0.4, -0.2) is 41.5 Å². The Morgan fingerprint density at radius 1 is 1.39 bits per heavy atom. The first-order chi connectivity index (χ1) is 15.0. The van der Waals surface area contributed by atoms with Crippen LogP contribution in [0.5, 0.6) is 5.75 Å². The zero-order valence-electron chi connectivity index (χ0n) is 17.7. The molecule has 2 aromatic rings. The number of likely N-dealkylation sites (tertiary alicyclic amines) is 1. The van der Waals surface area contributed by atoms with Crippen LogP contribution in [0.3, 0.4) is 0 Å². The second-order valence-corrected chi connectivity index (χ2v) is 8.67. The highest BCUT2D eigenvalue weighted by Gasteiger charge is 2.29. The average molecular weight is 464 g/mol. The van der Waals surface area contributed by atoms with Crippen molar-refractivity contribution in [3.63, 3.8) is 0 Å². The van der Waals surface area contributed by atoms with Crippen LogP contribution in [0.4, 0.5) is 4.39 Å². The van der Waals surface area contributed by atoms with Crippen molar-refractivity contribution in [1.29, 1.82) is 0 Å². The van der Waals surface area contributed by atoms with E-state index in [0.29, 0.717) is 6.54 Å². The Bertz CT molecular complexity index is 906. The van der Waals surface area contributed by atoms with Crippen molar-refractivity contribution in [2.45, 2.75) is 38.8 Å². The summed E-state index contributed by atoms with van der Waals surface area (Å²) in [6.07, 6.45) is 5.27. The minimum Gasteiger partial charge on any atom is -0.490 e. The molecule has 0 bridgehead atoms. The van der Waals surface area contributed by atoms with E-state index < -0.39 is 11.7 Å². The van der Waals surface area contributed by atoms with Crippen LogP contribution in [-0.2, 0) is 4.79 Å². The van der Waals surface area contributed by atoms with Gasteiger partial charge in [0.15, 0.2) is 0 Å². The summed E-state index contributed by atoms with van der Waals surface area (Å²) in [7, 11) is 0. The highest BCUT2D eigenvalue weighted by molar-refractivity contribution is 7.09. The lowest BCUT2D eigenvalue weighted by Gasteiger charge is -2.37. The number of allylic oxidation sites excluding steroid dienone is 2. The SMILES string of the molecule is C/C=C(Cl)\C(C(=O)NCC(c1cncs1)N1CCC(Oc2ccccc2)CC1)=C(/C)F. The number of aromatic nitrogens is 1. The minimum absolute atomic E-state index is 0.0420. The molecular formula is C23H27ClFN3O2S. The van der Waals surface area contributed by atoms with E-state index in [-0.39, 0.29) is 22.8 Å². The van der Waals surface area contributed by atoms with Gasteiger partial charge in [0.05, 0.1) is 22.2 Å². The van der Waals surface area contributed by atoms with Gasteiger partial charge in [-0.05, 0) is 38.8 Å². The van der Waals surface area contributed by atoms with E-state index in [2.05, 4.69) is 15.2 Å². The van der Waals surface area contributed by atoms with Gasteiger partial charge < -0.3 is 10.1 Å². The third-order valence-electron chi connectivity index (χ3n) is 5.26. The van der Waals surface area contributed by atoms with Gasteiger partial charge >= 0.3 is 0 Å². The Balaban J connectivity index is 1.63. The second kappa shape index (κ2) is 11.4. The van der Waals surface area contributed by atoms with Gasteiger partial charge in [0.25, 0.3) is 5.91 Å². The fourth-order valence-corrected chi connectivity index (χ4v) is 4.62. The average Bonchev–Trinajstić information content (AvgIpc) is 3.30. The molecule has 1 amide bonds. The van der Waals surface area contributed by atoms with Crippen LogP contribution < -0.4 is 10.1 Å². The minimum atomic E-state index is -0.603. The molecule has 0 saturated carbocycles. The van der Waals surface area contributed by atoms with E-state index >= 15 is 0 Å². The number of hydrogen-bond donors (Lipinski definition) is 1. The molecule has 2 heterocycles. The summed E-state index contributed by atoms with van der Waals surface area (Å²) in [5, 5.41) is 2.96. The maximum absolute atomic E-state index is 13.9. The predicted octanol–water partition coefficient (Wildman–Crippen LogP) is 5.23. The number of thiazole rings is 1. The summed E-state index contributed by atoms with van der Waals surface area (Å²) < 4.78 is 20.0. The molecule has 1 aromatic carbocycles. The van der Waals surface area contributed by atoms with Gasteiger partial charge in [0.1, 0.15) is 17.7 Å². The van der Waals surface area contributed by atoms with E-state index in [1.807, 2.05) is 36.5 Å². The number of rotatable bonds is 8. The number of nitrogens with zero attached hydrogens (tertiary/aromatic N) is 2. The summed E-state index contributed by atoms with van der Waals surface area (Å²) in [5.74, 6) is -0.234. The summed E-state index contributed by atoms with van der Waals surface area (Å²) in [4.78, 5) is 20.2. The van der Waals surface area contributed by atoms with Crippen molar-refractivity contribution in [2.24, 2.45) is 0 Å². The largest absolute Gasteiger partial charge is 0.490 e. The zero-order chi connectivity index (χ0) is 22.2. The molecule has 3 rings (SSSR count). The van der Waals surface area contributed by atoms with Gasteiger partial charge in [-0.3, -0.25) is 14.7 Å². The Labute approximate surface area is 191 Å². The molecule has 1 fully saturated rings. The Kier molecular flexibility index (Phi) is 8.63. The molecule has 0 spiro atoms. The molecular weight excluding hydrogens is 437 g/mol. The van der Waals surface area contributed by atoms with Crippen molar-refractivity contribution < 1.29 is 13.9 Å². The van der Waals surface area contributed by atoms with Crippen LogP contribution >= 0.6 is 22.9 Å². The molecule has 1 saturated heterocycles. The number of benzene rings is 1. The molecule has 31 heavy (non-hydrogen) atoms. The Morgan fingerprint density at radius 2 is 2.10 bits per heavy atom. The van der Waals surface area contributed by atoms with Gasteiger partial charge in [-0.1, -0.05) is 35.9 Å². The number of nitrogens with one attached hydrogen (secondary N) is 1. The number of halogens is 2. The van der Waals surface area contributed by atoms with Crippen LogP contribution in [0.25, 0.3) is 0 Å². The van der Waals surface area contributed by atoms with Crippen molar-refractivity contribution >= 4 is 28.8 Å². The highest BCUT2D eigenvalue weighted by Crippen LogP contribution is 2.29. The van der Waals surface area contributed by atoms with Crippen molar-refractivity contribution in [2.75, 3.05) is 19.6 Å². The van der Waals surface area contributed by atoms with Crippen LogP contribution in [0.1, 0.15) is 37.6 Å². The maximum Gasteiger partial charge on any atom is 0.255 e. The first-order valence-electron chi connectivity index (χ1n) is 10.3. The predicted molar refractivity (Wildman–Crippen MR) is 123 cm³/mol. The number of amides is 1. The van der Waals surface area contributed by atoms with E-state index in [9.17, 15) is 9.18 Å². The molecule has 0 radical (unpaired) electrons. The zero-order valence-corrected chi connectivity index (χ0v) is 19.3.